The molecule has 0 aliphatic heterocycles. The summed E-state index contributed by atoms with van der Waals surface area (Å²) in [4.78, 5) is 0. The number of hydrogen-bond donors (Lipinski definition) is 1. The monoisotopic (exact) mass is 185 g/mol. The average Bonchev–Trinajstić information content (AvgIpc) is 1.94. The van der Waals surface area contributed by atoms with Crippen molar-refractivity contribution in [2.45, 2.75) is 6.92 Å². The Balaban J connectivity index is 3.10. The highest BCUT2D eigenvalue weighted by atomic mass is 35.5. The lowest BCUT2D eigenvalue weighted by Crippen LogP contribution is -1.90. The van der Waals surface area contributed by atoms with Gasteiger partial charge >= 0.3 is 0 Å². The molecular weight excluding hydrogens is 177 g/mol. The minimum Gasteiger partial charge on any atom is -0.402 e. The van der Waals surface area contributed by atoms with E-state index in [9.17, 15) is 4.39 Å². The first-order chi connectivity index (χ1) is 5.59. The van der Waals surface area contributed by atoms with Gasteiger partial charge in [-0.2, -0.15) is 0 Å². The summed E-state index contributed by atoms with van der Waals surface area (Å²) in [5.74, 6) is -0.341. The Hall–Kier alpha value is -1.02. The third-order valence-electron chi connectivity index (χ3n) is 1.35. The van der Waals surface area contributed by atoms with E-state index in [0.29, 0.717) is 10.7 Å². The smallest absolute Gasteiger partial charge is 0.124 e. The van der Waals surface area contributed by atoms with Crippen molar-refractivity contribution in [3.05, 3.63) is 40.3 Å². The SMILES string of the molecule is C/C(N)=C\c1ccc(F)cc1Cl. The molecule has 0 fully saturated rings. The van der Waals surface area contributed by atoms with Crippen LogP contribution in [0, 0.1) is 5.82 Å². The molecule has 1 nitrogen and oxygen atoms in total. The molecule has 0 radical (unpaired) electrons. The maximum Gasteiger partial charge on any atom is 0.124 e. The van der Waals surface area contributed by atoms with Gasteiger partial charge in [-0.25, -0.2) is 4.39 Å². The molecule has 1 aromatic carbocycles. The van der Waals surface area contributed by atoms with Gasteiger partial charge in [0.25, 0.3) is 0 Å². The normalized spacial score (nSPS) is 11.8. The largest absolute Gasteiger partial charge is 0.402 e. The lowest BCUT2D eigenvalue weighted by Gasteiger charge is -1.98. The number of benzene rings is 1. The van der Waals surface area contributed by atoms with E-state index in [1.165, 1.54) is 12.1 Å². The van der Waals surface area contributed by atoms with Gasteiger partial charge in [0, 0.05) is 5.70 Å². The Bertz CT molecular complexity index is 316. The van der Waals surface area contributed by atoms with E-state index in [1.54, 1.807) is 19.1 Å². The highest BCUT2D eigenvalue weighted by Crippen LogP contribution is 2.18. The van der Waals surface area contributed by atoms with E-state index in [0.717, 1.165) is 5.56 Å². The summed E-state index contributed by atoms with van der Waals surface area (Å²) in [6.07, 6.45) is 1.70. The minimum absolute atomic E-state index is 0.341. The summed E-state index contributed by atoms with van der Waals surface area (Å²) in [7, 11) is 0. The average molecular weight is 186 g/mol. The van der Waals surface area contributed by atoms with Crippen LogP contribution in [-0.4, -0.2) is 0 Å². The molecule has 0 bridgehead atoms. The molecule has 0 aromatic heterocycles. The number of halogens is 2. The number of allylic oxidation sites excluding steroid dienone is 1. The van der Waals surface area contributed by atoms with Crippen LogP contribution in [0.3, 0.4) is 0 Å². The first kappa shape index (κ1) is 9.07. The van der Waals surface area contributed by atoms with Crippen molar-refractivity contribution in [2.24, 2.45) is 5.73 Å². The molecule has 0 heterocycles. The van der Waals surface area contributed by atoms with E-state index >= 15 is 0 Å². The van der Waals surface area contributed by atoms with Crippen LogP contribution in [0.5, 0.6) is 0 Å². The summed E-state index contributed by atoms with van der Waals surface area (Å²) < 4.78 is 12.5. The molecule has 1 rings (SSSR count). The van der Waals surface area contributed by atoms with Crippen molar-refractivity contribution >= 4 is 17.7 Å². The van der Waals surface area contributed by atoms with Gasteiger partial charge in [0.1, 0.15) is 5.82 Å². The predicted octanol–water partition coefficient (Wildman–Crippen LogP) is 2.80. The number of nitrogens with two attached hydrogens (primary N) is 1. The van der Waals surface area contributed by atoms with Crippen molar-refractivity contribution in [2.75, 3.05) is 0 Å². The summed E-state index contributed by atoms with van der Waals surface area (Å²) in [6.45, 7) is 1.75. The van der Waals surface area contributed by atoms with Crippen molar-refractivity contribution in [3.63, 3.8) is 0 Å². The van der Waals surface area contributed by atoms with Crippen LogP contribution in [0.2, 0.25) is 5.02 Å². The third-order valence-corrected chi connectivity index (χ3v) is 1.67. The van der Waals surface area contributed by atoms with Gasteiger partial charge in [-0.15, -0.1) is 0 Å². The molecule has 0 amide bonds. The van der Waals surface area contributed by atoms with Crippen LogP contribution in [0.15, 0.2) is 23.9 Å². The van der Waals surface area contributed by atoms with Crippen LogP contribution in [0.25, 0.3) is 6.08 Å². The van der Waals surface area contributed by atoms with Gasteiger partial charge in [0.05, 0.1) is 5.02 Å². The summed E-state index contributed by atoms with van der Waals surface area (Å²) in [6, 6.07) is 4.20. The first-order valence-corrected chi connectivity index (χ1v) is 3.86. The van der Waals surface area contributed by atoms with Gasteiger partial charge in [-0.05, 0) is 30.7 Å². The van der Waals surface area contributed by atoms with Crippen molar-refractivity contribution in [1.82, 2.24) is 0 Å². The third kappa shape index (κ3) is 2.24. The topological polar surface area (TPSA) is 26.0 Å². The quantitative estimate of drug-likeness (QED) is 0.716. The van der Waals surface area contributed by atoms with Crippen molar-refractivity contribution in [3.8, 4) is 0 Å². The fourth-order valence-corrected chi connectivity index (χ4v) is 1.09. The highest BCUT2D eigenvalue weighted by molar-refractivity contribution is 6.32. The van der Waals surface area contributed by atoms with Crippen LogP contribution in [-0.2, 0) is 0 Å². The molecule has 0 saturated carbocycles. The van der Waals surface area contributed by atoms with Crippen LogP contribution in [0.1, 0.15) is 12.5 Å². The second-order valence-electron chi connectivity index (χ2n) is 2.55. The lowest BCUT2D eigenvalue weighted by molar-refractivity contribution is 0.628. The molecule has 3 heteroatoms. The summed E-state index contributed by atoms with van der Waals surface area (Å²) in [5.41, 5.74) is 6.82. The van der Waals surface area contributed by atoms with Gasteiger partial charge < -0.3 is 5.73 Å². The van der Waals surface area contributed by atoms with Crippen LogP contribution < -0.4 is 5.73 Å². The molecule has 0 aliphatic rings. The zero-order chi connectivity index (χ0) is 9.14. The maximum absolute atomic E-state index is 12.5. The minimum atomic E-state index is -0.341. The van der Waals surface area contributed by atoms with Gasteiger partial charge in [0.2, 0.25) is 0 Å². The van der Waals surface area contributed by atoms with Gasteiger partial charge in [-0.3, -0.25) is 0 Å². The zero-order valence-electron chi connectivity index (χ0n) is 6.64. The molecule has 12 heavy (non-hydrogen) atoms. The number of hydrogen-bond acceptors (Lipinski definition) is 1. The lowest BCUT2D eigenvalue weighted by atomic mass is 10.2. The summed E-state index contributed by atoms with van der Waals surface area (Å²) in [5, 5.41) is 0.375. The molecule has 0 atom stereocenters. The molecule has 0 aliphatic carbocycles. The second-order valence-corrected chi connectivity index (χ2v) is 2.96. The standard InChI is InChI=1S/C9H9ClFN/c1-6(12)4-7-2-3-8(11)5-9(7)10/h2-5H,12H2,1H3/b6-4+. The van der Waals surface area contributed by atoms with E-state index in [-0.39, 0.29) is 5.82 Å². The molecule has 0 unspecified atom stereocenters. The number of rotatable bonds is 1. The van der Waals surface area contributed by atoms with E-state index < -0.39 is 0 Å². The Morgan fingerprint density at radius 2 is 2.25 bits per heavy atom. The molecule has 0 saturated heterocycles. The first-order valence-electron chi connectivity index (χ1n) is 3.48. The molecule has 64 valence electrons. The molecule has 0 spiro atoms. The zero-order valence-corrected chi connectivity index (χ0v) is 7.40. The maximum atomic E-state index is 12.5. The van der Waals surface area contributed by atoms with E-state index in [4.69, 9.17) is 17.3 Å². The highest BCUT2D eigenvalue weighted by Gasteiger charge is 1.98. The Kier molecular flexibility index (Phi) is 2.71. The fraction of sp³-hybridized carbons (Fsp3) is 0.111. The van der Waals surface area contributed by atoms with E-state index in [2.05, 4.69) is 0 Å². The molecule has 2 N–H and O–H groups in total. The van der Waals surface area contributed by atoms with Crippen molar-refractivity contribution < 1.29 is 4.39 Å². The Morgan fingerprint density at radius 3 is 2.75 bits per heavy atom. The van der Waals surface area contributed by atoms with E-state index in [1.807, 2.05) is 0 Å². The molecular formula is C9H9ClFN. The summed E-state index contributed by atoms with van der Waals surface area (Å²) >= 11 is 5.73. The van der Waals surface area contributed by atoms with Crippen molar-refractivity contribution in [1.29, 1.82) is 0 Å². The predicted molar refractivity (Wildman–Crippen MR) is 49.2 cm³/mol. The van der Waals surface area contributed by atoms with Crippen LogP contribution >= 0.6 is 11.6 Å². The Labute approximate surface area is 75.6 Å². The fourth-order valence-electron chi connectivity index (χ4n) is 0.864. The van der Waals surface area contributed by atoms with Gasteiger partial charge in [-0.1, -0.05) is 17.7 Å². The second kappa shape index (κ2) is 3.59. The molecule has 1 aromatic rings. The van der Waals surface area contributed by atoms with Crippen LogP contribution in [0.4, 0.5) is 4.39 Å². The Morgan fingerprint density at radius 1 is 1.58 bits per heavy atom. The van der Waals surface area contributed by atoms with Gasteiger partial charge in [0.15, 0.2) is 0 Å².